The summed E-state index contributed by atoms with van der Waals surface area (Å²) in [4.78, 5) is 4.43. The first-order chi connectivity index (χ1) is 10.2. The molecule has 110 valence electrons. The van der Waals surface area contributed by atoms with Gasteiger partial charge in [0.05, 0.1) is 17.6 Å². The lowest BCUT2D eigenvalue weighted by Crippen LogP contribution is -2.09. The largest absolute Gasteiger partial charge is 0.278 e. The van der Waals surface area contributed by atoms with Crippen molar-refractivity contribution in [3.05, 3.63) is 41.2 Å². The monoisotopic (exact) mass is 321 g/mol. The van der Waals surface area contributed by atoms with Gasteiger partial charge in [0.2, 0.25) is 5.16 Å². The third-order valence-electron chi connectivity index (χ3n) is 2.65. The van der Waals surface area contributed by atoms with E-state index in [0.717, 1.165) is 29.9 Å². The molecule has 0 spiro atoms. The van der Waals surface area contributed by atoms with E-state index in [4.69, 9.17) is 11.6 Å². The molecule has 7 heteroatoms. The normalized spacial score (nSPS) is 11.5. The number of aromatic nitrogens is 3. The Hall–Kier alpha value is -1.66. The summed E-state index contributed by atoms with van der Waals surface area (Å²) in [6.45, 7) is 2.10. The molecule has 0 aliphatic rings. The molecule has 1 N–H and O–H groups in total. The second-order valence-electron chi connectivity index (χ2n) is 4.26. The zero-order valence-corrected chi connectivity index (χ0v) is 13.4. The maximum atomic E-state index is 5.96. The van der Waals surface area contributed by atoms with Crippen LogP contribution in [0.3, 0.4) is 0 Å². The number of halogens is 1. The van der Waals surface area contributed by atoms with Crippen LogP contribution in [0.4, 0.5) is 5.69 Å². The van der Waals surface area contributed by atoms with Gasteiger partial charge in [0.15, 0.2) is 0 Å². The fourth-order valence-electron chi connectivity index (χ4n) is 1.68. The molecule has 0 amide bonds. The van der Waals surface area contributed by atoms with Gasteiger partial charge >= 0.3 is 0 Å². The topological polar surface area (TPSA) is 63.1 Å². The molecule has 1 aromatic heterocycles. The van der Waals surface area contributed by atoms with Gasteiger partial charge in [0.25, 0.3) is 0 Å². The average molecular weight is 322 g/mol. The van der Waals surface area contributed by atoms with E-state index < -0.39 is 0 Å². The summed E-state index contributed by atoms with van der Waals surface area (Å²) >= 11 is 7.41. The molecule has 0 fully saturated rings. The number of nitrogens with zero attached hydrogens (tertiary/aromatic N) is 4. The molecule has 0 atom stereocenters. The number of rotatable bonds is 6. The summed E-state index contributed by atoms with van der Waals surface area (Å²) in [5.74, 6) is 0. The quantitative estimate of drug-likeness (QED) is 0.497. The Morgan fingerprint density at radius 2 is 2.29 bits per heavy atom. The van der Waals surface area contributed by atoms with Gasteiger partial charge in [-0.25, -0.2) is 4.98 Å². The van der Waals surface area contributed by atoms with E-state index in [1.807, 2.05) is 30.5 Å². The number of hydrogen-bond acceptors (Lipinski definition) is 6. The van der Waals surface area contributed by atoms with E-state index in [2.05, 4.69) is 32.6 Å². The first-order valence-electron chi connectivity index (χ1n) is 6.55. The molecule has 0 aliphatic carbocycles. The predicted molar refractivity (Wildman–Crippen MR) is 88.1 cm³/mol. The number of nitrogens with one attached hydrogen (secondary N) is 1. The van der Waals surface area contributed by atoms with E-state index in [1.165, 1.54) is 11.8 Å². The SMILES string of the molecule is CCC/C(=N\Nc1cccc(Cl)c1)c1cnnc(SC)n1. The van der Waals surface area contributed by atoms with E-state index in [-0.39, 0.29) is 0 Å². The molecule has 1 heterocycles. The van der Waals surface area contributed by atoms with Gasteiger partial charge in [0.1, 0.15) is 5.69 Å². The highest BCUT2D eigenvalue weighted by molar-refractivity contribution is 7.98. The standard InChI is InChI=1S/C14H16ClN5S/c1-3-5-12(13-9-16-20-14(17-13)21-2)19-18-11-7-4-6-10(15)8-11/h4,6-9,18H,3,5H2,1-2H3/b19-12+. The van der Waals surface area contributed by atoms with Crippen molar-refractivity contribution in [2.75, 3.05) is 11.7 Å². The lowest BCUT2D eigenvalue weighted by Gasteiger charge is -2.07. The number of thioether (sulfide) groups is 1. The summed E-state index contributed by atoms with van der Waals surface area (Å²) in [6, 6.07) is 7.42. The lowest BCUT2D eigenvalue weighted by atomic mass is 10.2. The molecule has 0 radical (unpaired) electrons. The second kappa shape index (κ2) is 7.95. The van der Waals surface area contributed by atoms with Crippen molar-refractivity contribution < 1.29 is 0 Å². The Labute approximate surface area is 133 Å². The van der Waals surface area contributed by atoms with E-state index in [1.54, 1.807) is 6.20 Å². The van der Waals surface area contributed by atoms with Crippen LogP contribution < -0.4 is 5.43 Å². The third-order valence-corrected chi connectivity index (χ3v) is 3.42. The average Bonchev–Trinajstić information content (AvgIpc) is 2.51. The van der Waals surface area contributed by atoms with E-state index >= 15 is 0 Å². The van der Waals surface area contributed by atoms with Crippen molar-refractivity contribution in [1.82, 2.24) is 15.2 Å². The molecule has 5 nitrogen and oxygen atoms in total. The van der Waals surface area contributed by atoms with Gasteiger partial charge in [-0.1, -0.05) is 42.8 Å². The molecule has 0 aliphatic heterocycles. The van der Waals surface area contributed by atoms with Crippen molar-refractivity contribution in [1.29, 1.82) is 0 Å². The van der Waals surface area contributed by atoms with Crippen LogP contribution in [0.5, 0.6) is 0 Å². The second-order valence-corrected chi connectivity index (χ2v) is 5.47. The van der Waals surface area contributed by atoms with E-state index in [0.29, 0.717) is 10.2 Å². The van der Waals surface area contributed by atoms with Gasteiger partial charge in [-0.3, -0.25) is 5.43 Å². The Kier molecular flexibility index (Phi) is 5.95. The zero-order chi connectivity index (χ0) is 15.1. The number of benzene rings is 1. The minimum absolute atomic E-state index is 0.638. The molecule has 1 aromatic carbocycles. The minimum atomic E-state index is 0.638. The fourth-order valence-corrected chi connectivity index (χ4v) is 2.19. The van der Waals surface area contributed by atoms with Crippen LogP contribution >= 0.6 is 23.4 Å². The Bertz CT molecular complexity index is 632. The maximum Gasteiger partial charge on any atom is 0.209 e. The Balaban J connectivity index is 2.23. The van der Waals surface area contributed by atoms with Crippen molar-refractivity contribution in [2.45, 2.75) is 24.9 Å². The van der Waals surface area contributed by atoms with Gasteiger partial charge in [0, 0.05) is 5.02 Å². The van der Waals surface area contributed by atoms with Gasteiger partial charge in [-0.2, -0.15) is 10.2 Å². The molecule has 0 bridgehead atoms. The van der Waals surface area contributed by atoms with Crippen LogP contribution in [-0.2, 0) is 0 Å². The third kappa shape index (κ3) is 4.68. The van der Waals surface area contributed by atoms with Crippen molar-refractivity contribution in [3.8, 4) is 0 Å². The van der Waals surface area contributed by atoms with Gasteiger partial charge in [-0.15, -0.1) is 5.10 Å². The maximum absolute atomic E-state index is 5.96. The zero-order valence-electron chi connectivity index (χ0n) is 11.9. The van der Waals surface area contributed by atoms with E-state index in [9.17, 15) is 0 Å². The first-order valence-corrected chi connectivity index (χ1v) is 8.15. The van der Waals surface area contributed by atoms with Crippen LogP contribution in [0.15, 0.2) is 40.7 Å². The highest BCUT2D eigenvalue weighted by atomic mass is 35.5. The molecule has 0 unspecified atom stereocenters. The van der Waals surface area contributed by atoms with Gasteiger partial charge in [-0.05, 0) is 30.9 Å². The van der Waals surface area contributed by atoms with Crippen LogP contribution in [0.25, 0.3) is 0 Å². The first kappa shape index (κ1) is 15.7. The number of hydrazone groups is 1. The Morgan fingerprint density at radius 1 is 1.43 bits per heavy atom. The van der Waals surface area contributed by atoms with Crippen LogP contribution in [0.2, 0.25) is 5.02 Å². The summed E-state index contributed by atoms with van der Waals surface area (Å²) in [5.41, 5.74) is 5.44. The summed E-state index contributed by atoms with van der Waals surface area (Å²) < 4.78 is 0. The highest BCUT2D eigenvalue weighted by Gasteiger charge is 2.07. The van der Waals surface area contributed by atoms with Crippen LogP contribution in [0, 0.1) is 0 Å². The number of anilines is 1. The fraction of sp³-hybridized carbons (Fsp3) is 0.286. The van der Waals surface area contributed by atoms with Crippen LogP contribution in [-0.4, -0.2) is 27.1 Å². The molecule has 21 heavy (non-hydrogen) atoms. The molecule has 0 saturated carbocycles. The van der Waals surface area contributed by atoms with Crippen molar-refractivity contribution in [2.24, 2.45) is 5.10 Å². The molecule has 2 aromatic rings. The summed E-state index contributed by atoms with van der Waals surface area (Å²) in [5, 5.41) is 13.6. The minimum Gasteiger partial charge on any atom is -0.278 e. The summed E-state index contributed by atoms with van der Waals surface area (Å²) in [6.07, 6.45) is 5.32. The smallest absolute Gasteiger partial charge is 0.209 e. The lowest BCUT2D eigenvalue weighted by molar-refractivity contribution is 0.828. The molecule has 0 saturated heterocycles. The summed E-state index contributed by atoms with van der Waals surface area (Å²) in [7, 11) is 0. The number of hydrogen-bond donors (Lipinski definition) is 1. The highest BCUT2D eigenvalue weighted by Crippen LogP contribution is 2.15. The van der Waals surface area contributed by atoms with Gasteiger partial charge < -0.3 is 0 Å². The molecule has 2 rings (SSSR count). The van der Waals surface area contributed by atoms with Crippen LogP contribution in [0.1, 0.15) is 25.5 Å². The predicted octanol–water partition coefficient (Wildman–Crippen LogP) is 3.86. The molecular weight excluding hydrogens is 306 g/mol. The van der Waals surface area contributed by atoms with Crippen molar-refractivity contribution in [3.63, 3.8) is 0 Å². The molecular formula is C14H16ClN5S. The Morgan fingerprint density at radius 3 is 3.00 bits per heavy atom. The van der Waals surface area contributed by atoms with Crippen molar-refractivity contribution >= 4 is 34.8 Å².